The van der Waals surface area contributed by atoms with Crippen molar-refractivity contribution < 1.29 is 19.1 Å². The Bertz CT molecular complexity index is 887. The Labute approximate surface area is 170 Å². The van der Waals surface area contributed by atoms with Gasteiger partial charge in [0.1, 0.15) is 11.5 Å². The maximum Gasteiger partial charge on any atom is 0.318 e. The molecule has 0 radical (unpaired) electrons. The average molecular weight is 395 g/mol. The molecule has 2 heterocycles. The number of carbonyl (C=O) groups excluding carboxylic acids is 2. The molecule has 1 fully saturated rings. The molecule has 2 aromatic carbocycles. The number of hydrogen-bond acceptors (Lipinski definition) is 4. The predicted molar refractivity (Wildman–Crippen MR) is 108 cm³/mol. The third kappa shape index (κ3) is 4.29. The second-order valence-electron chi connectivity index (χ2n) is 7.33. The SMILES string of the molecule is COc1cccc2c1CN(C(=O)NC1CCN(C(=O)COc3ccccc3)C1)C2. The fourth-order valence-electron chi connectivity index (χ4n) is 3.85. The molecule has 3 amide bonds. The zero-order chi connectivity index (χ0) is 20.2. The van der Waals surface area contributed by atoms with E-state index in [-0.39, 0.29) is 24.6 Å². The lowest BCUT2D eigenvalue weighted by molar-refractivity contribution is -0.132. The van der Waals surface area contributed by atoms with E-state index in [1.54, 1.807) is 16.9 Å². The second-order valence-corrected chi connectivity index (χ2v) is 7.33. The van der Waals surface area contributed by atoms with Crippen molar-refractivity contribution in [3.8, 4) is 11.5 Å². The number of benzene rings is 2. The number of nitrogens with zero attached hydrogens (tertiary/aromatic N) is 2. The van der Waals surface area contributed by atoms with Gasteiger partial charge < -0.3 is 24.6 Å². The summed E-state index contributed by atoms with van der Waals surface area (Å²) in [5.74, 6) is 1.42. The van der Waals surface area contributed by atoms with Gasteiger partial charge in [-0.15, -0.1) is 0 Å². The number of carbonyl (C=O) groups is 2. The molecule has 29 heavy (non-hydrogen) atoms. The quantitative estimate of drug-likeness (QED) is 0.844. The molecule has 1 saturated heterocycles. The lowest BCUT2D eigenvalue weighted by Gasteiger charge is -2.21. The number of rotatable bonds is 5. The van der Waals surface area contributed by atoms with Gasteiger partial charge >= 0.3 is 6.03 Å². The van der Waals surface area contributed by atoms with Crippen molar-refractivity contribution in [2.24, 2.45) is 0 Å². The minimum atomic E-state index is -0.108. The normalized spacial score (nSPS) is 17.8. The van der Waals surface area contributed by atoms with E-state index in [0.717, 1.165) is 23.3 Å². The maximum absolute atomic E-state index is 12.7. The van der Waals surface area contributed by atoms with Crippen molar-refractivity contribution in [2.75, 3.05) is 26.8 Å². The minimum Gasteiger partial charge on any atom is -0.496 e. The van der Waals surface area contributed by atoms with Gasteiger partial charge in [0, 0.05) is 31.2 Å². The van der Waals surface area contributed by atoms with Crippen LogP contribution in [0.15, 0.2) is 48.5 Å². The summed E-state index contributed by atoms with van der Waals surface area (Å²) in [6, 6.07) is 15.0. The Morgan fingerprint density at radius 2 is 1.90 bits per heavy atom. The molecular weight excluding hydrogens is 370 g/mol. The van der Waals surface area contributed by atoms with Crippen molar-refractivity contribution in [1.82, 2.24) is 15.1 Å². The van der Waals surface area contributed by atoms with Crippen molar-refractivity contribution in [2.45, 2.75) is 25.6 Å². The monoisotopic (exact) mass is 395 g/mol. The molecule has 0 bridgehead atoms. The fraction of sp³-hybridized carbons (Fsp3) is 0.364. The van der Waals surface area contributed by atoms with Gasteiger partial charge in [-0.3, -0.25) is 4.79 Å². The van der Waals surface area contributed by atoms with E-state index in [1.165, 1.54) is 0 Å². The highest BCUT2D eigenvalue weighted by Crippen LogP contribution is 2.30. The molecule has 1 N–H and O–H groups in total. The van der Waals surface area contributed by atoms with E-state index in [9.17, 15) is 9.59 Å². The van der Waals surface area contributed by atoms with Gasteiger partial charge in [-0.05, 0) is 30.2 Å². The van der Waals surface area contributed by atoms with Crippen LogP contribution in [0.3, 0.4) is 0 Å². The molecular formula is C22H25N3O4. The molecule has 7 heteroatoms. The molecule has 2 aliphatic heterocycles. The second kappa shape index (κ2) is 8.43. The Balaban J connectivity index is 1.26. The summed E-state index contributed by atoms with van der Waals surface area (Å²) >= 11 is 0. The van der Waals surface area contributed by atoms with Gasteiger partial charge in [0.05, 0.1) is 13.7 Å². The summed E-state index contributed by atoms with van der Waals surface area (Å²) in [4.78, 5) is 28.6. The maximum atomic E-state index is 12.7. The number of methoxy groups -OCH3 is 1. The minimum absolute atomic E-state index is 0.00586. The van der Waals surface area contributed by atoms with Gasteiger partial charge in [-0.2, -0.15) is 0 Å². The highest BCUT2D eigenvalue weighted by Gasteiger charge is 2.31. The first-order valence-corrected chi connectivity index (χ1v) is 9.80. The molecule has 4 rings (SSSR count). The van der Waals surface area contributed by atoms with Crippen LogP contribution in [0.5, 0.6) is 11.5 Å². The van der Waals surface area contributed by atoms with E-state index >= 15 is 0 Å². The summed E-state index contributed by atoms with van der Waals surface area (Å²) in [6.45, 7) is 2.23. The summed E-state index contributed by atoms with van der Waals surface area (Å²) in [6.07, 6.45) is 0.743. The zero-order valence-electron chi connectivity index (χ0n) is 16.5. The Kier molecular flexibility index (Phi) is 5.55. The molecule has 0 aromatic heterocycles. The summed E-state index contributed by atoms with van der Waals surface area (Å²) in [7, 11) is 1.64. The molecule has 2 aromatic rings. The van der Waals surface area contributed by atoms with Crippen molar-refractivity contribution in [3.63, 3.8) is 0 Å². The van der Waals surface area contributed by atoms with Crippen LogP contribution in [0.1, 0.15) is 17.5 Å². The number of hydrogen-bond donors (Lipinski definition) is 1. The first-order valence-electron chi connectivity index (χ1n) is 9.80. The predicted octanol–water partition coefficient (Wildman–Crippen LogP) is 2.40. The van der Waals surface area contributed by atoms with Crippen molar-refractivity contribution >= 4 is 11.9 Å². The largest absolute Gasteiger partial charge is 0.496 e. The van der Waals surface area contributed by atoms with Gasteiger partial charge in [0.2, 0.25) is 0 Å². The van der Waals surface area contributed by atoms with E-state index in [0.29, 0.717) is 31.9 Å². The molecule has 0 spiro atoms. The molecule has 7 nitrogen and oxygen atoms in total. The highest BCUT2D eigenvalue weighted by molar-refractivity contribution is 5.79. The van der Waals surface area contributed by atoms with Gasteiger partial charge in [0.25, 0.3) is 5.91 Å². The number of ether oxygens (including phenoxy) is 2. The Hall–Kier alpha value is -3.22. The van der Waals surface area contributed by atoms with Crippen molar-refractivity contribution in [3.05, 3.63) is 59.7 Å². The topological polar surface area (TPSA) is 71.1 Å². The van der Waals surface area contributed by atoms with Crippen LogP contribution >= 0.6 is 0 Å². The molecule has 1 atom stereocenters. The number of para-hydroxylation sites is 1. The molecule has 2 aliphatic rings. The van der Waals surface area contributed by atoms with Crippen LogP contribution in [0, 0.1) is 0 Å². The average Bonchev–Trinajstić information content (AvgIpc) is 3.39. The van der Waals surface area contributed by atoms with E-state index in [1.807, 2.05) is 48.5 Å². The van der Waals surface area contributed by atoms with Crippen LogP contribution < -0.4 is 14.8 Å². The van der Waals surface area contributed by atoms with Gasteiger partial charge in [-0.25, -0.2) is 4.79 Å². The summed E-state index contributed by atoms with van der Waals surface area (Å²) in [5, 5.41) is 3.06. The smallest absolute Gasteiger partial charge is 0.318 e. The number of urea groups is 1. The lowest BCUT2D eigenvalue weighted by Crippen LogP contribution is -2.44. The number of nitrogens with one attached hydrogen (secondary N) is 1. The number of fused-ring (bicyclic) bond motifs is 1. The third-order valence-corrected chi connectivity index (χ3v) is 5.42. The fourth-order valence-corrected chi connectivity index (χ4v) is 3.85. The first-order chi connectivity index (χ1) is 14.1. The zero-order valence-corrected chi connectivity index (χ0v) is 16.5. The summed E-state index contributed by atoms with van der Waals surface area (Å²) in [5.41, 5.74) is 2.17. The van der Waals surface area contributed by atoms with Crippen molar-refractivity contribution in [1.29, 1.82) is 0 Å². The number of amides is 3. The Morgan fingerprint density at radius 3 is 2.69 bits per heavy atom. The van der Waals surface area contributed by atoms with Crippen LogP contribution in [-0.4, -0.2) is 54.6 Å². The lowest BCUT2D eigenvalue weighted by atomic mass is 10.1. The van der Waals surface area contributed by atoms with Crippen LogP contribution in [0.4, 0.5) is 4.79 Å². The molecule has 1 unspecified atom stereocenters. The third-order valence-electron chi connectivity index (χ3n) is 5.42. The highest BCUT2D eigenvalue weighted by atomic mass is 16.5. The van der Waals surface area contributed by atoms with Gasteiger partial charge in [-0.1, -0.05) is 30.3 Å². The van der Waals surface area contributed by atoms with E-state index in [4.69, 9.17) is 9.47 Å². The number of likely N-dealkylation sites (tertiary alicyclic amines) is 1. The van der Waals surface area contributed by atoms with Gasteiger partial charge in [0.15, 0.2) is 6.61 Å². The standard InChI is InChI=1S/C22H25N3O4/c1-28-20-9-5-6-16-12-25(14-19(16)20)22(27)23-17-10-11-24(13-17)21(26)15-29-18-7-3-2-4-8-18/h2-9,17H,10-15H2,1H3,(H,23,27). The van der Waals surface area contributed by atoms with Crippen LogP contribution in [0.2, 0.25) is 0 Å². The summed E-state index contributed by atoms with van der Waals surface area (Å²) < 4.78 is 10.9. The van der Waals surface area contributed by atoms with E-state index < -0.39 is 0 Å². The Morgan fingerprint density at radius 1 is 1.07 bits per heavy atom. The molecule has 0 aliphatic carbocycles. The van der Waals surface area contributed by atoms with Crippen LogP contribution in [0.25, 0.3) is 0 Å². The molecule has 0 saturated carbocycles. The first kappa shape index (κ1) is 19.1. The molecule has 152 valence electrons. The van der Waals surface area contributed by atoms with Crippen LogP contribution in [-0.2, 0) is 17.9 Å². The van der Waals surface area contributed by atoms with E-state index in [2.05, 4.69) is 5.32 Å².